The van der Waals surface area contributed by atoms with Crippen molar-refractivity contribution in [2.75, 3.05) is 13.6 Å². The Hall–Kier alpha value is -0.540. The number of benzene rings is 1. The monoisotopic (exact) mass is 271 g/mol. The van der Waals surface area contributed by atoms with Crippen LogP contribution in [0.2, 0.25) is 0 Å². The molecule has 0 aliphatic rings. The summed E-state index contributed by atoms with van der Waals surface area (Å²) in [7, 11) is 1.93. The second kappa shape index (κ2) is 5.52. The topological polar surface area (TPSA) is 21.3 Å². The van der Waals surface area contributed by atoms with Crippen LogP contribution in [-0.4, -0.2) is 19.7 Å². The minimum atomic E-state index is 0.190. The van der Waals surface area contributed by atoms with Crippen molar-refractivity contribution in [3.63, 3.8) is 0 Å². The first-order valence-corrected chi connectivity index (χ1v) is 5.92. The Morgan fingerprint density at radius 2 is 1.87 bits per heavy atom. The van der Waals surface area contributed by atoms with Crippen LogP contribution in [0.4, 0.5) is 0 Å². The third-order valence-corrected chi connectivity index (χ3v) is 3.49. The maximum Gasteiger partial charge on any atom is 0.120 e. The maximum absolute atomic E-state index is 5.79. The van der Waals surface area contributed by atoms with E-state index in [4.69, 9.17) is 4.74 Å². The van der Waals surface area contributed by atoms with Gasteiger partial charge in [-0.2, -0.15) is 0 Å². The van der Waals surface area contributed by atoms with Crippen LogP contribution in [0.15, 0.2) is 16.6 Å². The van der Waals surface area contributed by atoms with Gasteiger partial charge in [0.25, 0.3) is 0 Å². The molecular formula is C12H18BrNO. The summed E-state index contributed by atoms with van der Waals surface area (Å²) in [5, 5.41) is 3.09. The average molecular weight is 272 g/mol. The van der Waals surface area contributed by atoms with Crippen molar-refractivity contribution < 1.29 is 4.74 Å². The summed E-state index contributed by atoms with van der Waals surface area (Å²) in [6.45, 7) is 7.07. The van der Waals surface area contributed by atoms with E-state index in [0.717, 1.165) is 16.8 Å². The van der Waals surface area contributed by atoms with Crippen molar-refractivity contribution in [3.8, 4) is 5.75 Å². The molecule has 84 valence electrons. The van der Waals surface area contributed by atoms with Crippen LogP contribution in [0.5, 0.6) is 5.75 Å². The number of rotatable bonds is 4. The smallest absolute Gasteiger partial charge is 0.120 e. The van der Waals surface area contributed by atoms with Crippen LogP contribution >= 0.6 is 15.9 Å². The van der Waals surface area contributed by atoms with Gasteiger partial charge < -0.3 is 10.1 Å². The molecule has 1 aromatic rings. The Kier molecular flexibility index (Phi) is 4.61. The van der Waals surface area contributed by atoms with Gasteiger partial charge >= 0.3 is 0 Å². The molecule has 1 atom stereocenters. The van der Waals surface area contributed by atoms with E-state index in [1.807, 2.05) is 7.05 Å². The Labute approximate surface area is 100 Å². The van der Waals surface area contributed by atoms with Crippen molar-refractivity contribution in [1.82, 2.24) is 5.32 Å². The minimum absolute atomic E-state index is 0.190. The summed E-state index contributed by atoms with van der Waals surface area (Å²) in [5.41, 5.74) is 2.42. The van der Waals surface area contributed by atoms with Gasteiger partial charge in [0.15, 0.2) is 0 Å². The number of ether oxygens (including phenoxy) is 1. The van der Waals surface area contributed by atoms with Crippen LogP contribution in [0.3, 0.4) is 0 Å². The standard InChI is InChI=1S/C12H18BrNO/c1-8-5-11(6-9(2)12(8)13)15-10(3)7-14-4/h5-6,10,14H,7H2,1-4H3. The number of likely N-dealkylation sites (N-methyl/N-ethyl adjacent to an activating group) is 1. The van der Waals surface area contributed by atoms with Crippen molar-refractivity contribution in [1.29, 1.82) is 0 Å². The third kappa shape index (κ3) is 3.50. The van der Waals surface area contributed by atoms with Crippen molar-refractivity contribution in [3.05, 3.63) is 27.7 Å². The minimum Gasteiger partial charge on any atom is -0.489 e. The molecule has 1 N–H and O–H groups in total. The van der Waals surface area contributed by atoms with Crippen LogP contribution in [-0.2, 0) is 0 Å². The molecule has 1 aromatic carbocycles. The van der Waals surface area contributed by atoms with E-state index in [2.05, 4.69) is 54.2 Å². The normalized spacial score (nSPS) is 12.6. The van der Waals surface area contributed by atoms with E-state index >= 15 is 0 Å². The summed E-state index contributed by atoms with van der Waals surface area (Å²) in [5.74, 6) is 0.941. The molecule has 1 unspecified atom stereocenters. The lowest BCUT2D eigenvalue weighted by Gasteiger charge is -2.15. The molecule has 2 nitrogen and oxygen atoms in total. The van der Waals surface area contributed by atoms with Gasteiger partial charge in [-0.05, 0) is 51.1 Å². The molecule has 0 saturated heterocycles. The lowest BCUT2D eigenvalue weighted by molar-refractivity contribution is 0.220. The molecular weight excluding hydrogens is 254 g/mol. The quantitative estimate of drug-likeness (QED) is 0.909. The Morgan fingerprint density at radius 1 is 1.33 bits per heavy atom. The van der Waals surface area contributed by atoms with Gasteiger partial charge in [-0.15, -0.1) is 0 Å². The molecule has 0 aliphatic heterocycles. The first-order valence-electron chi connectivity index (χ1n) is 5.12. The molecule has 0 spiro atoms. The molecule has 0 heterocycles. The molecule has 0 bridgehead atoms. The van der Waals surface area contributed by atoms with Crippen molar-refractivity contribution in [2.45, 2.75) is 26.9 Å². The predicted molar refractivity (Wildman–Crippen MR) is 67.6 cm³/mol. The Balaban J connectivity index is 2.78. The SMILES string of the molecule is CNCC(C)Oc1cc(C)c(Br)c(C)c1. The molecule has 0 aromatic heterocycles. The van der Waals surface area contributed by atoms with Crippen LogP contribution in [0, 0.1) is 13.8 Å². The highest BCUT2D eigenvalue weighted by Crippen LogP contribution is 2.26. The highest BCUT2D eigenvalue weighted by molar-refractivity contribution is 9.10. The fraction of sp³-hybridized carbons (Fsp3) is 0.500. The van der Waals surface area contributed by atoms with E-state index in [0.29, 0.717) is 0 Å². The molecule has 3 heteroatoms. The van der Waals surface area contributed by atoms with Crippen LogP contribution in [0.1, 0.15) is 18.1 Å². The molecule has 0 fully saturated rings. The average Bonchev–Trinajstić information content (AvgIpc) is 2.14. The van der Waals surface area contributed by atoms with Gasteiger partial charge in [-0.3, -0.25) is 0 Å². The van der Waals surface area contributed by atoms with Gasteiger partial charge in [-0.25, -0.2) is 0 Å². The summed E-state index contributed by atoms with van der Waals surface area (Å²) in [4.78, 5) is 0. The number of halogens is 1. The fourth-order valence-electron chi connectivity index (χ4n) is 1.54. The van der Waals surface area contributed by atoms with E-state index < -0.39 is 0 Å². The summed E-state index contributed by atoms with van der Waals surface area (Å²) < 4.78 is 6.95. The van der Waals surface area contributed by atoms with Gasteiger partial charge in [0.1, 0.15) is 11.9 Å². The van der Waals surface area contributed by atoms with Gasteiger partial charge in [-0.1, -0.05) is 15.9 Å². The second-order valence-corrected chi connectivity index (χ2v) is 4.65. The van der Waals surface area contributed by atoms with E-state index in [9.17, 15) is 0 Å². The zero-order valence-electron chi connectivity index (χ0n) is 9.73. The number of aryl methyl sites for hydroxylation is 2. The largest absolute Gasteiger partial charge is 0.489 e. The first kappa shape index (κ1) is 12.5. The lowest BCUT2D eigenvalue weighted by Crippen LogP contribution is -2.26. The van der Waals surface area contributed by atoms with Gasteiger partial charge in [0, 0.05) is 11.0 Å². The molecule has 1 rings (SSSR count). The second-order valence-electron chi connectivity index (χ2n) is 3.86. The molecule has 0 saturated carbocycles. The number of nitrogens with one attached hydrogen (secondary N) is 1. The molecule has 15 heavy (non-hydrogen) atoms. The van der Waals surface area contributed by atoms with Crippen molar-refractivity contribution in [2.24, 2.45) is 0 Å². The first-order chi connectivity index (χ1) is 7.04. The highest BCUT2D eigenvalue weighted by Gasteiger charge is 2.06. The van der Waals surface area contributed by atoms with Crippen molar-refractivity contribution >= 4 is 15.9 Å². The summed E-state index contributed by atoms with van der Waals surface area (Å²) in [6, 6.07) is 4.12. The number of hydrogen-bond donors (Lipinski definition) is 1. The summed E-state index contributed by atoms with van der Waals surface area (Å²) >= 11 is 3.54. The zero-order valence-corrected chi connectivity index (χ0v) is 11.3. The summed E-state index contributed by atoms with van der Waals surface area (Å²) in [6.07, 6.45) is 0.190. The fourth-order valence-corrected chi connectivity index (χ4v) is 1.76. The van der Waals surface area contributed by atoms with E-state index in [-0.39, 0.29) is 6.10 Å². The van der Waals surface area contributed by atoms with E-state index in [1.165, 1.54) is 11.1 Å². The van der Waals surface area contributed by atoms with Gasteiger partial charge in [0.2, 0.25) is 0 Å². The zero-order chi connectivity index (χ0) is 11.4. The van der Waals surface area contributed by atoms with Gasteiger partial charge in [0.05, 0.1) is 0 Å². The number of hydrogen-bond acceptors (Lipinski definition) is 2. The lowest BCUT2D eigenvalue weighted by atomic mass is 10.1. The van der Waals surface area contributed by atoms with Crippen LogP contribution in [0.25, 0.3) is 0 Å². The Bertz CT molecular complexity index is 315. The Morgan fingerprint density at radius 3 is 2.33 bits per heavy atom. The van der Waals surface area contributed by atoms with Crippen LogP contribution < -0.4 is 10.1 Å². The predicted octanol–water partition coefficient (Wildman–Crippen LogP) is 3.05. The molecule has 0 radical (unpaired) electrons. The highest BCUT2D eigenvalue weighted by atomic mass is 79.9. The molecule has 0 aliphatic carbocycles. The maximum atomic E-state index is 5.79. The molecule has 0 amide bonds. The van der Waals surface area contributed by atoms with E-state index in [1.54, 1.807) is 0 Å². The third-order valence-electron chi connectivity index (χ3n) is 2.24.